The number of rotatable bonds is 2. The molecule has 1 heterocycles. The van der Waals surface area contributed by atoms with Crippen molar-refractivity contribution in [2.24, 2.45) is 5.73 Å². The van der Waals surface area contributed by atoms with Gasteiger partial charge in [0.15, 0.2) is 0 Å². The zero-order valence-corrected chi connectivity index (χ0v) is 8.13. The molecule has 1 amide bonds. The van der Waals surface area contributed by atoms with E-state index in [-0.39, 0.29) is 24.9 Å². The number of morpholine rings is 1. The molecule has 0 bridgehead atoms. The van der Waals surface area contributed by atoms with E-state index in [2.05, 4.69) is 0 Å². The van der Waals surface area contributed by atoms with Crippen LogP contribution in [0.4, 0.5) is 0 Å². The van der Waals surface area contributed by atoms with Gasteiger partial charge in [-0.2, -0.15) is 0 Å². The average Bonchev–Trinajstić information content (AvgIpc) is 2.17. The van der Waals surface area contributed by atoms with E-state index in [1.807, 2.05) is 0 Å². The van der Waals surface area contributed by atoms with Crippen LogP contribution >= 0.6 is 12.4 Å². The number of carbonyl (C=O) groups is 1. The molecule has 0 spiro atoms. The molecule has 0 aromatic heterocycles. The molecule has 1 rings (SSSR count). The van der Waals surface area contributed by atoms with E-state index in [1.54, 1.807) is 4.90 Å². The SMILES string of the molecule is Cl.N[C@@H](CO)C(=O)N1CCOCC1. The molecule has 1 aliphatic rings. The summed E-state index contributed by atoms with van der Waals surface area (Å²) in [5.74, 6) is -0.194. The van der Waals surface area contributed by atoms with Gasteiger partial charge in [0.25, 0.3) is 0 Å². The minimum Gasteiger partial charge on any atom is -0.394 e. The molecule has 0 unspecified atom stereocenters. The Hall–Kier alpha value is -0.360. The summed E-state index contributed by atoms with van der Waals surface area (Å²) >= 11 is 0. The lowest BCUT2D eigenvalue weighted by Crippen LogP contribution is -2.49. The molecule has 1 aliphatic heterocycles. The highest BCUT2D eigenvalue weighted by atomic mass is 35.5. The summed E-state index contributed by atoms with van der Waals surface area (Å²) in [7, 11) is 0. The summed E-state index contributed by atoms with van der Waals surface area (Å²) in [6, 6.07) is -0.775. The van der Waals surface area contributed by atoms with Gasteiger partial charge in [-0.1, -0.05) is 0 Å². The Morgan fingerprint density at radius 3 is 2.54 bits per heavy atom. The number of amides is 1. The number of carbonyl (C=O) groups excluding carboxylic acids is 1. The normalized spacial score (nSPS) is 19.1. The second-order valence-electron chi connectivity index (χ2n) is 2.73. The van der Waals surface area contributed by atoms with Crippen molar-refractivity contribution in [2.45, 2.75) is 6.04 Å². The fraction of sp³-hybridized carbons (Fsp3) is 0.857. The molecule has 0 aromatic carbocycles. The van der Waals surface area contributed by atoms with E-state index in [0.29, 0.717) is 26.3 Å². The second kappa shape index (κ2) is 6.15. The van der Waals surface area contributed by atoms with E-state index >= 15 is 0 Å². The fourth-order valence-electron chi connectivity index (χ4n) is 1.10. The number of hydrogen-bond acceptors (Lipinski definition) is 4. The van der Waals surface area contributed by atoms with Gasteiger partial charge < -0.3 is 20.5 Å². The van der Waals surface area contributed by atoms with Gasteiger partial charge in [0, 0.05) is 13.1 Å². The zero-order chi connectivity index (χ0) is 8.97. The molecular weight excluding hydrogens is 196 g/mol. The topological polar surface area (TPSA) is 75.8 Å². The van der Waals surface area contributed by atoms with Crippen LogP contribution in [0.1, 0.15) is 0 Å². The van der Waals surface area contributed by atoms with Gasteiger partial charge in [0.05, 0.1) is 19.8 Å². The lowest BCUT2D eigenvalue weighted by atomic mass is 10.2. The molecule has 0 radical (unpaired) electrons. The number of nitrogens with two attached hydrogens (primary N) is 1. The van der Waals surface area contributed by atoms with Gasteiger partial charge in [0.1, 0.15) is 6.04 Å². The predicted octanol–water partition coefficient (Wildman–Crippen LogP) is -1.41. The summed E-state index contributed by atoms with van der Waals surface area (Å²) in [5, 5.41) is 8.63. The second-order valence-corrected chi connectivity index (χ2v) is 2.73. The Bertz CT molecular complexity index is 162. The lowest BCUT2D eigenvalue weighted by molar-refractivity contribution is -0.137. The van der Waals surface area contributed by atoms with Crippen molar-refractivity contribution < 1.29 is 14.6 Å². The van der Waals surface area contributed by atoms with E-state index in [0.717, 1.165) is 0 Å². The van der Waals surface area contributed by atoms with E-state index < -0.39 is 6.04 Å². The quantitative estimate of drug-likeness (QED) is 0.587. The molecule has 3 N–H and O–H groups in total. The average molecular weight is 211 g/mol. The van der Waals surface area contributed by atoms with Gasteiger partial charge in [-0.25, -0.2) is 0 Å². The number of aliphatic hydroxyl groups excluding tert-OH is 1. The summed E-state index contributed by atoms with van der Waals surface area (Å²) in [4.78, 5) is 12.9. The van der Waals surface area contributed by atoms with Crippen molar-refractivity contribution in [3.05, 3.63) is 0 Å². The maximum Gasteiger partial charge on any atom is 0.242 e. The van der Waals surface area contributed by atoms with Crippen molar-refractivity contribution in [2.75, 3.05) is 32.9 Å². The Morgan fingerprint density at radius 1 is 1.54 bits per heavy atom. The molecule has 5 nitrogen and oxygen atoms in total. The minimum atomic E-state index is -0.775. The van der Waals surface area contributed by atoms with Crippen LogP contribution in [0.15, 0.2) is 0 Å². The third-order valence-electron chi connectivity index (χ3n) is 1.84. The highest BCUT2D eigenvalue weighted by Crippen LogP contribution is 1.98. The molecule has 13 heavy (non-hydrogen) atoms. The van der Waals surface area contributed by atoms with Gasteiger partial charge in [0.2, 0.25) is 5.91 Å². The number of hydrogen-bond donors (Lipinski definition) is 2. The maximum absolute atomic E-state index is 11.3. The van der Waals surface area contributed by atoms with Crippen LogP contribution in [0.2, 0.25) is 0 Å². The van der Waals surface area contributed by atoms with E-state index in [4.69, 9.17) is 15.6 Å². The largest absolute Gasteiger partial charge is 0.394 e. The highest BCUT2D eigenvalue weighted by Gasteiger charge is 2.21. The summed E-state index contributed by atoms with van der Waals surface area (Å²) in [6.45, 7) is 1.98. The minimum absolute atomic E-state index is 0. The standard InChI is InChI=1S/C7H14N2O3.ClH/c8-6(5-10)7(11)9-1-3-12-4-2-9;/h6,10H,1-5,8H2;1H/t6-;/m0./s1. The molecule has 0 aliphatic carbocycles. The first-order valence-electron chi connectivity index (χ1n) is 3.98. The van der Waals surface area contributed by atoms with Crippen LogP contribution in [-0.2, 0) is 9.53 Å². The predicted molar refractivity (Wildman–Crippen MR) is 49.7 cm³/mol. The number of ether oxygens (including phenoxy) is 1. The van der Waals surface area contributed by atoms with Crippen LogP contribution in [-0.4, -0.2) is 54.9 Å². The van der Waals surface area contributed by atoms with Crippen LogP contribution in [0.25, 0.3) is 0 Å². The molecular formula is C7H15ClN2O3. The van der Waals surface area contributed by atoms with E-state index in [9.17, 15) is 4.79 Å². The smallest absolute Gasteiger partial charge is 0.242 e. The highest BCUT2D eigenvalue weighted by molar-refractivity contribution is 5.85. The first-order valence-corrected chi connectivity index (χ1v) is 3.98. The Balaban J connectivity index is 0.00000144. The molecule has 1 saturated heterocycles. The molecule has 1 atom stereocenters. The molecule has 6 heteroatoms. The van der Waals surface area contributed by atoms with Crippen LogP contribution in [0, 0.1) is 0 Å². The third-order valence-corrected chi connectivity index (χ3v) is 1.84. The summed E-state index contributed by atoms with van der Waals surface area (Å²) in [6.07, 6.45) is 0. The van der Waals surface area contributed by atoms with Crippen LogP contribution in [0.3, 0.4) is 0 Å². The van der Waals surface area contributed by atoms with E-state index in [1.165, 1.54) is 0 Å². The van der Waals surface area contributed by atoms with Gasteiger partial charge in [-0.15, -0.1) is 12.4 Å². The zero-order valence-electron chi connectivity index (χ0n) is 7.31. The number of nitrogens with zero attached hydrogens (tertiary/aromatic N) is 1. The molecule has 0 saturated carbocycles. The monoisotopic (exact) mass is 210 g/mol. The summed E-state index contributed by atoms with van der Waals surface area (Å²) < 4.78 is 5.07. The number of halogens is 1. The first kappa shape index (κ1) is 12.6. The molecule has 78 valence electrons. The first-order chi connectivity index (χ1) is 5.75. The maximum atomic E-state index is 11.3. The van der Waals surface area contributed by atoms with Crippen LogP contribution in [0.5, 0.6) is 0 Å². The number of aliphatic hydroxyl groups is 1. The van der Waals surface area contributed by atoms with Crippen molar-refractivity contribution in [1.29, 1.82) is 0 Å². The van der Waals surface area contributed by atoms with Crippen molar-refractivity contribution >= 4 is 18.3 Å². The van der Waals surface area contributed by atoms with Gasteiger partial charge in [-0.3, -0.25) is 4.79 Å². The van der Waals surface area contributed by atoms with Gasteiger partial charge >= 0.3 is 0 Å². The molecule has 0 aromatic rings. The summed E-state index contributed by atoms with van der Waals surface area (Å²) in [5.41, 5.74) is 5.37. The van der Waals surface area contributed by atoms with Gasteiger partial charge in [-0.05, 0) is 0 Å². The van der Waals surface area contributed by atoms with Crippen molar-refractivity contribution in [1.82, 2.24) is 4.90 Å². The Morgan fingerprint density at radius 2 is 2.08 bits per heavy atom. The van der Waals surface area contributed by atoms with Crippen molar-refractivity contribution in [3.8, 4) is 0 Å². The van der Waals surface area contributed by atoms with Crippen LogP contribution < -0.4 is 5.73 Å². The Kier molecular flexibility index (Phi) is 5.98. The third kappa shape index (κ3) is 3.48. The lowest BCUT2D eigenvalue weighted by Gasteiger charge is -2.28. The fourth-order valence-corrected chi connectivity index (χ4v) is 1.10. The van der Waals surface area contributed by atoms with Crippen molar-refractivity contribution in [3.63, 3.8) is 0 Å². The Labute approximate surface area is 83.2 Å². The molecule has 1 fully saturated rings.